The summed E-state index contributed by atoms with van der Waals surface area (Å²) >= 11 is 0. The van der Waals surface area contributed by atoms with Crippen molar-refractivity contribution in [2.45, 2.75) is 44.3 Å². The number of nitrogen functional groups attached to an aromatic ring is 1. The summed E-state index contributed by atoms with van der Waals surface area (Å²) in [6.07, 6.45) is -0.640. The summed E-state index contributed by atoms with van der Waals surface area (Å²) < 4.78 is 38.8. The number of nitrogens with two attached hydrogens (primary N) is 1. The summed E-state index contributed by atoms with van der Waals surface area (Å²) in [4.78, 5) is 0. The number of halogens is 3. The first-order valence-electron chi connectivity index (χ1n) is 6.11. The van der Waals surface area contributed by atoms with Gasteiger partial charge < -0.3 is 11.1 Å². The van der Waals surface area contributed by atoms with Crippen molar-refractivity contribution in [3.63, 3.8) is 0 Å². The number of hydrogen-bond acceptors (Lipinski definition) is 2. The van der Waals surface area contributed by atoms with E-state index in [4.69, 9.17) is 5.73 Å². The topological polar surface area (TPSA) is 38.0 Å². The molecule has 0 radical (unpaired) electrons. The van der Waals surface area contributed by atoms with E-state index < -0.39 is 11.7 Å². The molecular weight excluding hydrogens is 241 g/mol. The minimum Gasteiger partial charge on any atom is -0.399 e. The molecule has 0 bridgehead atoms. The molecule has 1 aromatic rings. The van der Waals surface area contributed by atoms with E-state index in [1.54, 1.807) is 0 Å². The van der Waals surface area contributed by atoms with Gasteiger partial charge in [-0.2, -0.15) is 13.2 Å². The summed E-state index contributed by atoms with van der Waals surface area (Å²) in [7, 11) is 0. The number of anilines is 2. The largest absolute Gasteiger partial charge is 0.418 e. The van der Waals surface area contributed by atoms with Crippen LogP contribution in [0.15, 0.2) is 18.2 Å². The van der Waals surface area contributed by atoms with E-state index >= 15 is 0 Å². The van der Waals surface area contributed by atoms with Crippen LogP contribution < -0.4 is 11.1 Å². The van der Waals surface area contributed by atoms with E-state index in [-0.39, 0.29) is 16.9 Å². The average molecular weight is 258 g/mol. The summed E-state index contributed by atoms with van der Waals surface area (Å²) in [5.74, 6) is 0. The maximum atomic E-state index is 12.9. The second-order valence-corrected chi connectivity index (χ2v) is 4.92. The third-order valence-electron chi connectivity index (χ3n) is 3.74. The van der Waals surface area contributed by atoms with E-state index in [1.165, 1.54) is 12.1 Å². The Labute approximate surface area is 104 Å². The van der Waals surface area contributed by atoms with Crippen LogP contribution in [0.3, 0.4) is 0 Å². The molecule has 2 nitrogen and oxygen atoms in total. The van der Waals surface area contributed by atoms with Crippen molar-refractivity contribution < 1.29 is 13.2 Å². The van der Waals surface area contributed by atoms with E-state index in [2.05, 4.69) is 5.32 Å². The molecule has 0 amide bonds. The van der Waals surface area contributed by atoms with Crippen molar-refractivity contribution in [3.05, 3.63) is 23.8 Å². The minimum absolute atomic E-state index is 0.132. The third kappa shape index (κ3) is 2.40. The van der Waals surface area contributed by atoms with Crippen LogP contribution in [0.25, 0.3) is 0 Å². The Morgan fingerprint density at radius 3 is 2.44 bits per heavy atom. The molecule has 0 saturated heterocycles. The Morgan fingerprint density at radius 2 is 2.00 bits per heavy atom. The van der Waals surface area contributed by atoms with Crippen molar-refractivity contribution in [2.75, 3.05) is 11.1 Å². The standard InChI is InChI=1S/C13H17F3N2/c1-2-12(6-3-7-12)18-11-5-4-9(17)8-10(11)13(14,15)16/h4-5,8,18H,2-3,6-7,17H2,1H3. The van der Waals surface area contributed by atoms with Crippen LogP contribution in [0.4, 0.5) is 24.5 Å². The summed E-state index contributed by atoms with van der Waals surface area (Å²) in [5, 5.41) is 3.07. The van der Waals surface area contributed by atoms with Crippen molar-refractivity contribution in [1.29, 1.82) is 0 Å². The Kier molecular flexibility index (Phi) is 3.17. The van der Waals surface area contributed by atoms with Crippen LogP contribution >= 0.6 is 0 Å². The van der Waals surface area contributed by atoms with Gasteiger partial charge in [-0.1, -0.05) is 6.92 Å². The lowest BCUT2D eigenvalue weighted by molar-refractivity contribution is -0.137. The van der Waals surface area contributed by atoms with Crippen LogP contribution in [0.2, 0.25) is 0 Å². The van der Waals surface area contributed by atoms with Crippen LogP contribution in [0, 0.1) is 0 Å². The first kappa shape index (κ1) is 13.1. The summed E-state index contributed by atoms with van der Waals surface area (Å²) in [6.45, 7) is 2.00. The normalized spacial score (nSPS) is 18.2. The third-order valence-corrected chi connectivity index (χ3v) is 3.74. The second-order valence-electron chi connectivity index (χ2n) is 4.92. The highest BCUT2D eigenvalue weighted by atomic mass is 19.4. The van der Waals surface area contributed by atoms with Gasteiger partial charge in [-0.15, -0.1) is 0 Å². The molecule has 0 spiro atoms. The van der Waals surface area contributed by atoms with Gasteiger partial charge in [0.25, 0.3) is 0 Å². The van der Waals surface area contributed by atoms with Gasteiger partial charge >= 0.3 is 6.18 Å². The quantitative estimate of drug-likeness (QED) is 0.803. The van der Waals surface area contributed by atoms with Gasteiger partial charge in [-0.05, 0) is 43.9 Å². The van der Waals surface area contributed by atoms with Crippen molar-refractivity contribution in [2.24, 2.45) is 0 Å². The first-order valence-corrected chi connectivity index (χ1v) is 6.11. The van der Waals surface area contributed by atoms with Crippen LogP contribution in [0.1, 0.15) is 38.2 Å². The Bertz CT molecular complexity index is 431. The van der Waals surface area contributed by atoms with Gasteiger partial charge in [0.1, 0.15) is 0 Å². The summed E-state index contributed by atoms with van der Waals surface area (Å²) in [6, 6.07) is 3.91. The molecule has 3 N–H and O–H groups in total. The van der Waals surface area contributed by atoms with Crippen LogP contribution in [0.5, 0.6) is 0 Å². The number of nitrogens with one attached hydrogen (secondary N) is 1. The van der Waals surface area contributed by atoms with Crippen molar-refractivity contribution in [1.82, 2.24) is 0 Å². The monoisotopic (exact) mass is 258 g/mol. The number of alkyl halides is 3. The molecule has 0 aromatic heterocycles. The fraction of sp³-hybridized carbons (Fsp3) is 0.538. The predicted octanol–water partition coefficient (Wildman–Crippen LogP) is 4.03. The van der Waals surface area contributed by atoms with Gasteiger partial charge in [0, 0.05) is 16.9 Å². The lowest BCUT2D eigenvalue weighted by Gasteiger charge is -2.43. The molecule has 0 aliphatic heterocycles. The molecule has 1 aromatic carbocycles. The van der Waals surface area contributed by atoms with Crippen molar-refractivity contribution in [3.8, 4) is 0 Å². The molecule has 2 rings (SSSR count). The average Bonchev–Trinajstić information content (AvgIpc) is 2.24. The Balaban J connectivity index is 2.32. The van der Waals surface area contributed by atoms with Crippen molar-refractivity contribution >= 4 is 11.4 Å². The number of hydrogen-bond donors (Lipinski definition) is 2. The Morgan fingerprint density at radius 1 is 1.33 bits per heavy atom. The zero-order valence-electron chi connectivity index (χ0n) is 10.3. The van der Waals surface area contributed by atoms with Crippen LogP contribution in [-0.4, -0.2) is 5.54 Å². The fourth-order valence-corrected chi connectivity index (χ4v) is 2.36. The molecular formula is C13H17F3N2. The zero-order chi connectivity index (χ0) is 13.4. The number of benzene rings is 1. The molecule has 100 valence electrons. The Hall–Kier alpha value is -1.39. The molecule has 1 aliphatic rings. The fourth-order valence-electron chi connectivity index (χ4n) is 2.36. The molecule has 5 heteroatoms. The highest BCUT2D eigenvalue weighted by Gasteiger charge is 2.39. The molecule has 0 unspecified atom stereocenters. The molecule has 1 aliphatic carbocycles. The molecule has 1 fully saturated rings. The lowest BCUT2D eigenvalue weighted by Crippen LogP contribution is -2.44. The first-order chi connectivity index (χ1) is 8.36. The maximum Gasteiger partial charge on any atom is 0.418 e. The van der Waals surface area contributed by atoms with Crippen LogP contribution in [-0.2, 0) is 6.18 Å². The molecule has 18 heavy (non-hydrogen) atoms. The van der Waals surface area contributed by atoms with Gasteiger partial charge in [-0.25, -0.2) is 0 Å². The predicted molar refractivity (Wildman–Crippen MR) is 66.4 cm³/mol. The van der Waals surface area contributed by atoms with E-state index in [0.717, 1.165) is 31.7 Å². The SMILES string of the molecule is CCC1(Nc2ccc(N)cc2C(F)(F)F)CCC1. The molecule has 1 saturated carbocycles. The van der Waals surface area contributed by atoms with E-state index in [9.17, 15) is 13.2 Å². The minimum atomic E-state index is -4.38. The van der Waals surface area contributed by atoms with E-state index in [0.29, 0.717) is 0 Å². The highest BCUT2D eigenvalue weighted by Crippen LogP contribution is 2.42. The van der Waals surface area contributed by atoms with E-state index in [1.807, 2.05) is 6.92 Å². The van der Waals surface area contributed by atoms with Gasteiger partial charge in [0.2, 0.25) is 0 Å². The lowest BCUT2D eigenvalue weighted by atomic mass is 9.74. The highest BCUT2D eigenvalue weighted by molar-refractivity contribution is 5.60. The van der Waals surface area contributed by atoms with Gasteiger partial charge in [0.15, 0.2) is 0 Å². The molecule has 0 heterocycles. The zero-order valence-corrected chi connectivity index (χ0v) is 10.3. The van der Waals surface area contributed by atoms with Gasteiger partial charge in [-0.3, -0.25) is 0 Å². The van der Waals surface area contributed by atoms with Gasteiger partial charge in [0.05, 0.1) is 5.56 Å². The smallest absolute Gasteiger partial charge is 0.399 e. The second kappa shape index (κ2) is 4.37. The summed E-state index contributed by atoms with van der Waals surface area (Å²) in [5.41, 5.74) is 4.86. The maximum absolute atomic E-state index is 12.9. The number of rotatable bonds is 3. The molecule has 0 atom stereocenters.